The molecule has 1 aromatic carbocycles. The first kappa shape index (κ1) is 14.1. The minimum atomic E-state index is -0.159. The van der Waals surface area contributed by atoms with Crippen LogP contribution in [-0.2, 0) is 9.22 Å². The molecule has 0 atom stereocenters. The van der Waals surface area contributed by atoms with Crippen molar-refractivity contribution in [1.29, 1.82) is 0 Å². The minimum Gasteiger partial charge on any atom is -0.506 e. The zero-order valence-corrected chi connectivity index (χ0v) is 12.3. The lowest BCUT2D eigenvalue weighted by Gasteiger charge is -2.23. The minimum absolute atomic E-state index is 0.0281. The van der Waals surface area contributed by atoms with Gasteiger partial charge in [-0.25, -0.2) is 0 Å². The van der Waals surface area contributed by atoms with Crippen LogP contribution in [0.2, 0.25) is 0 Å². The second-order valence-electron chi connectivity index (χ2n) is 4.88. The van der Waals surface area contributed by atoms with Gasteiger partial charge in [0, 0.05) is 12.2 Å². The van der Waals surface area contributed by atoms with E-state index in [1.165, 1.54) is 0 Å². The monoisotopic (exact) mass is 295 g/mol. The Labute approximate surface area is 128 Å². The van der Waals surface area contributed by atoms with Gasteiger partial charge in [0.25, 0.3) is 7.11 Å². The summed E-state index contributed by atoms with van der Waals surface area (Å²) in [5.41, 5.74) is 2.04. The van der Waals surface area contributed by atoms with Gasteiger partial charge in [0.05, 0.1) is 18.3 Å². The summed E-state index contributed by atoms with van der Waals surface area (Å²) < 4.78 is 10.2. The maximum atomic E-state index is 12.4. The Bertz CT molecular complexity index is 769. The molecule has 1 aromatic rings. The SMILES string of the molecule is COc1ccc(C2=C(O)C(=C3C=CC(=[O+]C)C=C3)C2=O)cc1. The van der Waals surface area contributed by atoms with Crippen molar-refractivity contribution in [3.8, 4) is 5.75 Å². The van der Waals surface area contributed by atoms with E-state index in [1.54, 1.807) is 62.8 Å². The molecule has 2 aliphatic rings. The van der Waals surface area contributed by atoms with E-state index in [9.17, 15) is 9.90 Å². The molecule has 0 amide bonds. The van der Waals surface area contributed by atoms with Gasteiger partial charge in [0.15, 0.2) is 0 Å². The first-order valence-electron chi connectivity index (χ1n) is 6.80. The van der Waals surface area contributed by atoms with Crippen LogP contribution in [0.3, 0.4) is 0 Å². The molecule has 0 spiro atoms. The third kappa shape index (κ3) is 2.19. The standard InChI is InChI=1S/C18H14O4/c1-21-13-7-3-11(4-8-13)15-17(19)16(18(15)20)12-5-9-14(22-2)10-6-12/h3-10H,1-2H3/p+1. The van der Waals surface area contributed by atoms with E-state index in [4.69, 9.17) is 9.16 Å². The van der Waals surface area contributed by atoms with E-state index in [1.807, 2.05) is 0 Å². The predicted molar refractivity (Wildman–Crippen MR) is 83.8 cm³/mol. The van der Waals surface area contributed by atoms with Gasteiger partial charge in [0.2, 0.25) is 5.78 Å². The van der Waals surface area contributed by atoms with E-state index < -0.39 is 0 Å². The molecule has 1 N–H and O–H groups in total. The summed E-state index contributed by atoms with van der Waals surface area (Å²) in [6.45, 7) is 0. The number of ketones is 2. The van der Waals surface area contributed by atoms with Gasteiger partial charge in [-0.2, -0.15) is 0 Å². The van der Waals surface area contributed by atoms with Crippen LogP contribution >= 0.6 is 0 Å². The lowest BCUT2D eigenvalue weighted by Crippen LogP contribution is -2.22. The molecule has 110 valence electrons. The highest BCUT2D eigenvalue weighted by atomic mass is 16.5. The molecule has 0 saturated carbocycles. The topological polar surface area (TPSA) is 57.8 Å². The first-order valence-corrected chi connectivity index (χ1v) is 6.80. The van der Waals surface area contributed by atoms with Crippen LogP contribution < -0.4 is 4.74 Å². The maximum Gasteiger partial charge on any atom is 0.343 e. The lowest BCUT2D eigenvalue weighted by molar-refractivity contribution is -0.417. The zero-order valence-electron chi connectivity index (χ0n) is 12.3. The van der Waals surface area contributed by atoms with Gasteiger partial charge >= 0.3 is 5.78 Å². The van der Waals surface area contributed by atoms with Crippen LogP contribution in [0.5, 0.6) is 5.75 Å². The quantitative estimate of drug-likeness (QED) is 0.674. The second-order valence-corrected chi connectivity index (χ2v) is 4.88. The Hall–Kier alpha value is -2.88. The average Bonchev–Trinajstić information content (AvgIpc) is 2.56. The largest absolute Gasteiger partial charge is 0.506 e. The average molecular weight is 295 g/mol. The van der Waals surface area contributed by atoms with E-state index in [0.717, 1.165) is 0 Å². The molecular formula is C18H15O4+. The number of methoxy groups -OCH3 is 1. The number of aliphatic hydroxyl groups excluding tert-OH is 1. The molecule has 0 unspecified atom stereocenters. The van der Waals surface area contributed by atoms with E-state index in [0.29, 0.717) is 33.8 Å². The normalized spacial score (nSPS) is 17.0. The third-order valence-electron chi connectivity index (χ3n) is 3.69. The summed E-state index contributed by atoms with van der Waals surface area (Å²) in [6, 6.07) is 7.03. The Morgan fingerprint density at radius 3 is 2.14 bits per heavy atom. The number of aliphatic hydroxyl groups is 1. The predicted octanol–water partition coefficient (Wildman–Crippen LogP) is 2.70. The van der Waals surface area contributed by atoms with Crippen LogP contribution in [0.4, 0.5) is 0 Å². The molecule has 2 aliphatic carbocycles. The van der Waals surface area contributed by atoms with Crippen LogP contribution in [0, 0.1) is 0 Å². The molecule has 0 radical (unpaired) electrons. The Morgan fingerprint density at radius 2 is 1.64 bits per heavy atom. The van der Waals surface area contributed by atoms with Gasteiger partial charge in [0.1, 0.15) is 11.5 Å². The summed E-state index contributed by atoms with van der Waals surface area (Å²) in [5.74, 6) is 1.28. The highest BCUT2D eigenvalue weighted by Crippen LogP contribution is 2.39. The molecule has 0 saturated heterocycles. The summed E-state index contributed by atoms with van der Waals surface area (Å²) >= 11 is 0. The Kier molecular flexibility index (Phi) is 3.51. The summed E-state index contributed by atoms with van der Waals surface area (Å²) in [7, 11) is 3.16. The number of carbonyl (C=O) groups is 1. The molecule has 4 heteroatoms. The van der Waals surface area contributed by atoms with Crippen molar-refractivity contribution >= 4 is 17.1 Å². The number of hydrogen-bond donors (Lipinski definition) is 1. The Morgan fingerprint density at radius 1 is 1.00 bits per heavy atom. The molecule has 0 fully saturated rings. The number of ether oxygens (including phenoxy) is 1. The fourth-order valence-corrected chi connectivity index (χ4v) is 2.45. The van der Waals surface area contributed by atoms with Crippen molar-refractivity contribution in [2.24, 2.45) is 0 Å². The van der Waals surface area contributed by atoms with Crippen molar-refractivity contribution in [2.45, 2.75) is 0 Å². The molecule has 4 nitrogen and oxygen atoms in total. The molecular weight excluding hydrogens is 280 g/mol. The molecule has 0 aromatic heterocycles. The van der Waals surface area contributed by atoms with Crippen LogP contribution in [0.25, 0.3) is 5.57 Å². The molecule has 0 heterocycles. The van der Waals surface area contributed by atoms with Crippen molar-refractivity contribution in [1.82, 2.24) is 0 Å². The van der Waals surface area contributed by atoms with E-state index >= 15 is 0 Å². The van der Waals surface area contributed by atoms with Crippen molar-refractivity contribution in [3.63, 3.8) is 0 Å². The fraction of sp³-hybridized carbons (Fsp3) is 0.111. The molecule has 3 rings (SSSR count). The smallest absolute Gasteiger partial charge is 0.343 e. The highest BCUT2D eigenvalue weighted by molar-refractivity contribution is 6.39. The van der Waals surface area contributed by atoms with Gasteiger partial charge in [-0.1, -0.05) is 12.1 Å². The fourth-order valence-electron chi connectivity index (χ4n) is 2.45. The number of hydrogen-bond acceptors (Lipinski definition) is 3. The number of carbonyl (C=O) groups excluding carboxylic acids is 2. The number of benzene rings is 1. The third-order valence-corrected chi connectivity index (χ3v) is 3.69. The van der Waals surface area contributed by atoms with Crippen LogP contribution in [-0.4, -0.2) is 30.9 Å². The van der Waals surface area contributed by atoms with Gasteiger partial charge in [-0.05, 0) is 35.4 Å². The van der Waals surface area contributed by atoms with Crippen molar-refractivity contribution < 1.29 is 19.1 Å². The van der Waals surface area contributed by atoms with Crippen LogP contribution in [0.15, 0.2) is 65.5 Å². The number of allylic oxidation sites excluding steroid dienone is 7. The number of Topliss-reactive ketones (excluding diaryl/α,β-unsaturated/α-hetero) is 1. The molecule has 0 bridgehead atoms. The van der Waals surface area contributed by atoms with E-state index in [-0.39, 0.29) is 11.5 Å². The summed E-state index contributed by atoms with van der Waals surface area (Å²) in [4.78, 5) is 12.4. The molecule has 0 aliphatic heterocycles. The highest BCUT2D eigenvalue weighted by Gasteiger charge is 2.36. The van der Waals surface area contributed by atoms with Crippen LogP contribution in [0.1, 0.15) is 5.56 Å². The lowest BCUT2D eigenvalue weighted by atomic mass is 9.80. The maximum absolute atomic E-state index is 12.4. The summed E-state index contributed by atoms with van der Waals surface area (Å²) in [6.07, 6.45) is 7.03. The first-order chi connectivity index (χ1) is 10.7. The van der Waals surface area contributed by atoms with Crippen molar-refractivity contribution in [2.75, 3.05) is 14.2 Å². The zero-order chi connectivity index (χ0) is 15.7. The van der Waals surface area contributed by atoms with E-state index in [2.05, 4.69) is 0 Å². The number of rotatable bonds is 2. The summed E-state index contributed by atoms with van der Waals surface area (Å²) in [5, 5.41) is 10.3. The van der Waals surface area contributed by atoms with Gasteiger partial charge < -0.3 is 9.84 Å². The van der Waals surface area contributed by atoms with Gasteiger partial charge in [-0.15, -0.1) is 0 Å². The Balaban J connectivity index is 1.98. The van der Waals surface area contributed by atoms with Gasteiger partial charge in [-0.3, -0.25) is 9.22 Å². The van der Waals surface area contributed by atoms with Crippen molar-refractivity contribution in [3.05, 3.63) is 71.0 Å². The second kappa shape index (κ2) is 5.48. The molecule has 22 heavy (non-hydrogen) atoms.